The van der Waals surface area contributed by atoms with Crippen molar-refractivity contribution in [3.63, 3.8) is 0 Å². The summed E-state index contributed by atoms with van der Waals surface area (Å²) >= 11 is 0. The molecule has 3 N–H and O–H groups in total. The summed E-state index contributed by atoms with van der Waals surface area (Å²) in [6.07, 6.45) is 5.14. The molecule has 0 aromatic heterocycles. The van der Waals surface area contributed by atoms with Crippen LogP contribution in [0.25, 0.3) is 0 Å². The summed E-state index contributed by atoms with van der Waals surface area (Å²) in [5, 5.41) is 21.6. The van der Waals surface area contributed by atoms with Crippen LogP contribution in [0.5, 0.6) is 0 Å². The smallest absolute Gasteiger partial charge is 0.331 e. The molecule has 1 saturated carbocycles. The average Bonchev–Trinajstić information content (AvgIpc) is 2.64. The van der Waals surface area contributed by atoms with Crippen LogP contribution in [-0.2, 0) is 4.79 Å². The van der Waals surface area contributed by atoms with E-state index < -0.39 is 5.97 Å². The van der Waals surface area contributed by atoms with Gasteiger partial charge < -0.3 is 15.5 Å². The van der Waals surface area contributed by atoms with Crippen LogP contribution in [0, 0.1) is 5.92 Å². The van der Waals surface area contributed by atoms with Gasteiger partial charge in [-0.3, -0.25) is 0 Å². The molecule has 2 unspecified atom stereocenters. The predicted octanol–water partition coefficient (Wildman–Crippen LogP) is 1.16. The van der Waals surface area contributed by atoms with Crippen molar-refractivity contribution in [3.8, 4) is 0 Å². The van der Waals surface area contributed by atoms with Crippen LogP contribution in [0.1, 0.15) is 32.6 Å². The minimum absolute atomic E-state index is 0.179. The quantitative estimate of drug-likeness (QED) is 0.470. The number of carboxylic acid groups (broad SMARTS) is 1. The van der Waals surface area contributed by atoms with Crippen molar-refractivity contribution in [3.05, 3.63) is 11.6 Å². The molecule has 16 heavy (non-hydrogen) atoms. The lowest BCUT2D eigenvalue weighted by molar-refractivity contribution is -0.132. The van der Waals surface area contributed by atoms with Crippen LogP contribution in [0.3, 0.4) is 0 Å². The Morgan fingerprint density at radius 1 is 1.50 bits per heavy atom. The third-order valence-corrected chi connectivity index (χ3v) is 3.17. The second kappa shape index (κ2) is 6.66. The molecule has 4 nitrogen and oxygen atoms in total. The number of nitrogens with one attached hydrogen (secondary N) is 1. The second-order valence-corrected chi connectivity index (χ2v) is 4.30. The lowest BCUT2D eigenvalue weighted by atomic mass is 10.1. The number of hydrogen-bond acceptors (Lipinski definition) is 3. The number of aliphatic carboxylic acids is 1. The summed E-state index contributed by atoms with van der Waals surface area (Å²) in [6.45, 7) is 3.17. The van der Waals surface area contributed by atoms with Gasteiger partial charge in [-0.1, -0.05) is 19.4 Å². The fourth-order valence-electron chi connectivity index (χ4n) is 2.10. The zero-order valence-electron chi connectivity index (χ0n) is 9.78. The van der Waals surface area contributed by atoms with Crippen molar-refractivity contribution >= 4 is 5.97 Å². The van der Waals surface area contributed by atoms with E-state index in [0.29, 0.717) is 24.5 Å². The molecule has 0 aromatic carbocycles. The molecule has 4 heteroatoms. The van der Waals surface area contributed by atoms with Crippen LogP contribution in [0.4, 0.5) is 0 Å². The van der Waals surface area contributed by atoms with Gasteiger partial charge in [-0.05, 0) is 25.2 Å². The Morgan fingerprint density at radius 3 is 2.75 bits per heavy atom. The summed E-state index contributed by atoms with van der Waals surface area (Å²) in [6, 6.07) is 0. The standard InChI is InChI=1S/C12H21NO3/c1-2-9(12(15)16)6-7-13-8-10-4-3-5-11(10)14/h6,10-11,13-14H,2-5,7-8H2,1H3,(H,15,16). The largest absolute Gasteiger partial charge is 0.478 e. The SMILES string of the molecule is CCC(=CCNCC1CCCC1O)C(=O)O. The summed E-state index contributed by atoms with van der Waals surface area (Å²) in [5.41, 5.74) is 0.444. The number of aliphatic hydroxyl groups excluding tert-OH is 1. The maximum atomic E-state index is 10.7. The van der Waals surface area contributed by atoms with Crippen molar-refractivity contribution in [2.45, 2.75) is 38.7 Å². The lowest BCUT2D eigenvalue weighted by Gasteiger charge is -2.14. The summed E-state index contributed by atoms with van der Waals surface area (Å²) in [7, 11) is 0. The molecule has 0 amide bonds. The molecule has 0 spiro atoms. The Morgan fingerprint density at radius 2 is 2.25 bits per heavy atom. The fourth-order valence-corrected chi connectivity index (χ4v) is 2.10. The van der Waals surface area contributed by atoms with E-state index in [2.05, 4.69) is 5.32 Å². The van der Waals surface area contributed by atoms with Crippen molar-refractivity contribution in [2.24, 2.45) is 5.92 Å². The highest BCUT2D eigenvalue weighted by molar-refractivity contribution is 5.86. The molecule has 0 aliphatic heterocycles. The molecule has 92 valence electrons. The van der Waals surface area contributed by atoms with E-state index in [9.17, 15) is 9.90 Å². The molecule has 1 fully saturated rings. The van der Waals surface area contributed by atoms with Crippen molar-refractivity contribution < 1.29 is 15.0 Å². The van der Waals surface area contributed by atoms with Gasteiger partial charge in [-0.15, -0.1) is 0 Å². The molecule has 1 rings (SSSR count). The molecule has 2 atom stereocenters. The predicted molar refractivity (Wildman–Crippen MR) is 62.2 cm³/mol. The monoisotopic (exact) mass is 227 g/mol. The van der Waals surface area contributed by atoms with Crippen LogP contribution in [0.15, 0.2) is 11.6 Å². The zero-order chi connectivity index (χ0) is 12.0. The molecule has 0 aromatic rings. The van der Waals surface area contributed by atoms with E-state index in [1.807, 2.05) is 6.92 Å². The first-order valence-corrected chi connectivity index (χ1v) is 5.96. The van der Waals surface area contributed by atoms with E-state index in [1.54, 1.807) is 6.08 Å². The van der Waals surface area contributed by atoms with Gasteiger partial charge in [0.15, 0.2) is 0 Å². The summed E-state index contributed by atoms with van der Waals surface area (Å²) in [4.78, 5) is 10.7. The Hall–Kier alpha value is -0.870. The Kier molecular flexibility index (Phi) is 5.49. The minimum Gasteiger partial charge on any atom is -0.478 e. The van der Waals surface area contributed by atoms with E-state index in [-0.39, 0.29) is 6.10 Å². The first kappa shape index (κ1) is 13.2. The normalized spacial score (nSPS) is 26.0. The number of carbonyl (C=O) groups is 1. The van der Waals surface area contributed by atoms with E-state index in [0.717, 1.165) is 25.8 Å². The van der Waals surface area contributed by atoms with E-state index >= 15 is 0 Å². The molecule has 1 aliphatic rings. The minimum atomic E-state index is -0.842. The number of rotatable bonds is 6. The van der Waals surface area contributed by atoms with Gasteiger partial charge in [-0.2, -0.15) is 0 Å². The first-order chi connectivity index (χ1) is 7.65. The molecular formula is C12H21NO3. The lowest BCUT2D eigenvalue weighted by Crippen LogP contribution is -2.28. The van der Waals surface area contributed by atoms with Gasteiger partial charge in [-0.25, -0.2) is 4.79 Å². The highest BCUT2D eigenvalue weighted by Crippen LogP contribution is 2.24. The molecular weight excluding hydrogens is 206 g/mol. The molecule has 0 saturated heterocycles. The second-order valence-electron chi connectivity index (χ2n) is 4.30. The van der Waals surface area contributed by atoms with Gasteiger partial charge in [0.05, 0.1) is 6.10 Å². The Bertz CT molecular complexity index is 263. The van der Waals surface area contributed by atoms with Crippen LogP contribution in [0.2, 0.25) is 0 Å². The van der Waals surface area contributed by atoms with Crippen molar-refractivity contribution in [1.82, 2.24) is 5.32 Å². The Balaban J connectivity index is 2.22. The van der Waals surface area contributed by atoms with Gasteiger partial charge >= 0.3 is 5.97 Å². The highest BCUT2D eigenvalue weighted by Gasteiger charge is 2.24. The van der Waals surface area contributed by atoms with Gasteiger partial charge in [0.25, 0.3) is 0 Å². The zero-order valence-corrected chi connectivity index (χ0v) is 9.78. The van der Waals surface area contributed by atoms with Crippen LogP contribution >= 0.6 is 0 Å². The third kappa shape index (κ3) is 3.94. The van der Waals surface area contributed by atoms with Crippen LogP contribution < -0.4 is 5.32 Å². The topological polar surface area (TPSA) is 69.6 Å². The number of hydrogen-bond donors (Lipinski definition) is 3. The third-order valence-electron chi connectivity index (χ3n) is 3.17. The first-order valence-electron chi connectivity index (χ1n) is 5.96. The molecule has 0 heterocycles. The van der Waals surface area contributed by atoms with Crippen molar-refractivity contribution in [1.29, 1.82) is 0 Å². The number of carboxylic acids is 1. The maximum Gasteiger partial charge on any atom is 0.331 e. The summed E-state index contributed by atoms with van der Waals surface area (Å²) < 4.78 is 0. The Labute approximate surface area is 96.4 Å². The van der Waals surface area contributed by atoms with Gasteiger partial charge in [0, 0.05) is 18.7 Å². The van der Waals surface area contributed by atoms with E-state index in [4.69, 9.17) is 5.11 Å². The molecule has 1 aliphatic carbocycles. The summed E-state index contributed by atoms with van der Waals surface area (Å²) in [5.74, 6) is -0.506. The molecule has 0 radical (unpaired) electrons. The van der Waals surface area contributed by atoms with Gasteiger partial charge in [0.2, 0.25) is 0 Å². The number of aliphatic hydroxyl groups is 1. The van der Waals surface area contributed by atoms with E-state index in [1.165, 1.54) is 0 Å². The fraction of sp³-hybridized carbons (Fsp3) is 0.750. The molecule has 0 bridgehead atoms. The maximum absolute atomic E-state index is 10.7. The van der Waals surface area contributed by atoms with Crippen LogP contribution in [-0.4, -0.2) is 35.4 Å². The average molecular weight is 227 g/mol. The van der Waals surface area contributed by atoms with Gasteiger partial charge in [0.1, 0.15) is 0 Å². The highest BCUT2D eigenvalue weighted by atomic mass is 16.4. The van der Waals surface area contributed by atoms with Crippen molar-refractivity contribution in [2.75, 3.05) is 13.1 Å².